The lowest BCUT2D eigenvalue weighted by atomic mass is 10.2. The van der Waals surface area contributed by atoms with Gasteiger partial charge < -0.3 is 0 Å². The van der Waals surface area contributed by atoms with Crippen molar-refractivity contribution in [3.8, 4) is 6.07 Å². The van der Waals surface area contributed by atoms with Crippen LogP contribution in [0.3, 0.4) is 0 Å². The fraction of sp³-hybridized carbons (Fsp3) is 0.533. The summed E-state index contributed by atoms with van der Waals surface area (Å²) in [6.07, 6.45) is 0.937. The second kappa shape index (κ2) is 7.41. The van der Waals surface area contributed by atoms with E-state index in [1.165, 1.54) is 4.31 Å². The Hall–Kier alpha value is -1.38. The van der Waals surface area contributed by atoms with E-state index in [2.05, 4.69) is 6.07 Å². The van der Waals surface area contributed by atoms with Crippen LogP contribution in [-0.2, 0) is 10.0 Å². The van der Waals surface area contributed by atoms with E-state index < -0.39 is 10.0 Å². The maximum Gasteiger partial charge on any atom is 0.243 e. The summed E-state index contributed by atoms with van der Waals surface area (Å²) >= 11 is 0. The molecule has 0 amide bonds. The Labute approximate surface area is 122 Å². The van der Waals surface area contributed by atoms with E-state index in [-0.39, 0.29) is 5.92 Å². The minimum absolute atomic E-state index is 0.248. The highest BCUT2D eigenvalue weighted by Crippen LogP contribution is 2.18. The fourth-order valence-corrected chi connectivity index (χ4v) is 3.55. The minimum Gasteiger partial charge on any atom is -0.207 e. The first-order valence-electron chi connectivity index (χ1n) is 6.81. The molecule has 0 fully saturated rings. The van der Waals surface area contributed by atoms with Crippen molar-refractivity contribution in [3.63, 3.8) is 0 Å². The van der Waals surface area contributed by atoms with Gasteiger partial charge in [0.25, 0.3) is 0 Å². The van der Waals surface area contributed by atoms with Crippen molar-refractivity contribution in [3.05, 3.63) is 29.8 Å². The van der Waals surface area contributed by atoms with Crippen molar-refractivity contribution in [2.24, 2.45) is 5.92 Å². The molecule has 0 aliphatic heterocycles. The van der Waals surface area contributed by atoms with Gasteiger partial charge in [-0.2, -0.15) is 9.57 Å². The molecular weight excluding hydrogens is 272 g/mol. The van der Waals surface area contributed by atoms with Gasteiger partial charge in [-0.25, -0.2) is 8.42 Å². The summed E-state index contributed by atoms with van der Waals surface area (Å²) in [5.74, 6) is 0.248. The molecule has 0 spiro atoms. The van der Waals surface area contributed by atoms with Gasteiger partial charge in [0.15, 0.2) is 0 Å². The maximum atomic E-state index is 12.6. The van der Waals surface area contributed by atoms with Gasteiger partial charge in [-0.3, -0.25) is 0 Å². The van der Waals surface area contributed by atoms with E-state index in [0.29, 0.717) is 30.8 Å². The zero-order chi connectivity index (χ0) is 15.2. The molecule has 1 aromatic rings. The molecule has 1 aromatic carbocycles. The molecule has 0 unspecified atom stereocenters. The first-order chi connectivity index (χ1) is 9.37. The number of hydrogen-bond acceptors (Lipinski definition) is 3. The number of aryl methyl sites for hydroxylation is 1. The number of unbranched alkanes of at least 4 members (excludes halogenated alkanes) is 1. The van der Waals surface area contributed by atoms with Crippen LogP contribution in [0, 0.1) is 24.2 Å². The van der Waals surface area contributed by atoms with Crippen LogP contribution in [0.2, 0.25) is 0 Å². The zero-order valence-corrected chi connectivity index (χ0v) is 13.2. The summed E-state index contributed by atoms with van der Waals surface area (Å²) in [4.78, 5) is 0.320. The molecule has 0 atom stereocenters. The van der Waals surface area contributed by atoms with Gasteiger partial charge in [-0.1, -0.05) is 31.5 Å². The molecule has 0 aromatic heterocycles. The number of benzene rings is 1. The van der Waals surface area contributed by atoms with Crippen LogP contribution in [0.4, 0.5) is 0 Å². The van der Waals surface area contributed by atoms with Crippen LogP contribution < -0.4 is 0 Å². The van der Waals surface area contributed by atoms with Gasteiger partial charge in [0.2, 0.25) is 10.0 Å². The van der Waals surface area contributed by atoms with E-state index in [9.17, 15) is 8.42 Å². The molecule has 4 nitrogen and oxygen atoms in total. The Morgan fingerprint density at radius 1 is 1.25 bits per heavy atom. The number of rotatable bonds is 7. The van der Waals surface area contributed by atoms with Crippen molar-refractivity contribution < 1.29 is 8.42 Å². The van der Waals surface area contributed by atoms with Gasteiger partial charge in [0.05, 0.1) is 11.0 Å². The predicted molar refractivity (Wildman–Crippen MR) is 79.6 cm³/mol. The highest BCUT2D eigenvalue weighted by atomic mass is 32.2. The highest BCUT2D eigenvalue weighted by molar-refractivity contribution is 7.89. The predicted octanol–water partition coefficient (Wildman–Crippen LogP) is 2.95. The smallest absolute Gasteiger partial charge is 0.207 e. The van der Waals surface area contributed by atoms with Crippen molar-refractivity contribution >= 4 is 10.0 Å². The molecule has 0 heterocycles. The molecule has 0 saturated heterocycles. The lowest BCUT2D eigenvalue weighted by Crippen LogP contribution is -2.35. The summed E-state index contributed by atoms with van der Waals surface area (Å²) in [6.45, 7) is 6.77. The van der Waals surface area contributed by atoms with E-state index in [0.717, 1.165) is 5.56 Å². The normalized spacial score (nSPS) is 11.8. The molecule has 110 valence electrons. The molecule has 0 saturated carbocycles. The van der Waals surface area contributed by atoms with Crippen molar-refractivity contribution in [1.82, 2.24) is 4.31 Å². The van der Waals surface area contributed by atoms with Crippen LogP contribution >= 0.6 is 0 Å². The summed E-state index contributed by atoms with van der Waals surface area (Å²) < 4.78 is 26.7. The topological polar surface area (TPSA) is 61.2 Å². The first-order valence-corrected chi connectivity index (χ1v) is 8.25. The molecule has 0 radical (unpaired) electrons. The van der Waals surface area contributed by atoms with Crippen LogP contribution in [0.15, 0.2) is 29.2 Å². The van der Waals surface area contributed by atoms with Gasteiger partial charge in [-0.05, 0) is 31.4 Å². The van der Waals surface area contributed by atoms with Crippen LogP contribution in [0.1, 0.15) is 32.3 Å². The largest absolute Gasteiger partial charge is 0.243 e. The molecule has 0 N–H and O–H groups in total. The van der Waals surface area contributed by atoms with Gasteiger partial charge in [-0.15, -0.1) is 0 Å². The summed E-state index contributed by atoms with van der Waals surface area (Å²) in [5.41, 5.74) is 1.03. The summed E-state index contributed by atoms with van der Waals surface area (Å²) in [6, 6.07) is 8.94. The highest BCUT2D eigenvalue weighted by Gasteiger charge is 2.24. The Morgan fingerprint density at radius 2 is 1.85 bits per heavy atom. The van der Waals surface area contributed by atoms with Gasteiger partial charge in [0.1, 0.15) is 0 Å². The Kier molecular flexibility index (Phi) is 6.18. The van der Waals surface area contributed by atoms with Crippen molar-refractivity contribution in [2.45, 2.75) is 38.5 Å². The Bertz CT molecular complexity index is 557. The second-order valence-corrected chi connectivity index (χ2v) is 7.27. The van der Waals surface area contributed by atoms with E-state index >= 15 is 0 Å². The third kappa shape index (κ3) is 4.62. The molecule has 5 heteroatoms. The average molecular weight is 294 g/mol. The number of hydrogen-bond donors (Lipinski definition) is 0. The zero-order valence-electron chi connectivity index (χ0n) is 12.3. The average Bonchev–Trinajstić information content (AvgIpc) is 2.38. The van der Waals surface area contributed by atoms with Gasteiger partial charge >= 0.3 is 0 Å². The third-order valence-corrected chi connectivity index (χ3v) is 4.80. The lowest BCUT2D eigenvalue weighted by molar-refractivity contribution is 0.364. The van der Waals surface area contributed by atoms with Crippen LogP contribution in [0.25, 0.3) is 0 Å². The molecular formula is C15H22N2O2S. The van der Waals surface area contributed by atoms with Crippen molar-refractivity contribution in [1.29, 1.82) is 5.26 Å². The monoisotopic (exact) mass is 294 g/mol. The van der Waals surface area contributed by atoms with Gasteiger partial charge in [0, 0.05) is 19.5 Å². The first kappa shape index (κ1) is 16.7. The number of nitrogens with zero attached hydrogens (tertiary/aromatic N) is 2. The van der Waals surface area contributed by atoms with Crippen LogP contribution in [0.5, 0.6) is 0 Å². The van der Waals surface area contributed by atoms with E-state index in [1.54, 1.807) is 24.3 Å². The van der Waals surface area contributed by atoms with E-state index in [1.807, 2.05) is 20.8 Å². The summed E-state index contributed by atoms with van der Waals surface area (Å²) in [7, 11) is -3.47. The minimum atomic E-state index is -3.47. The molecule has 0 aliphatic carbocycles. The quantitative estimate of drug-likeness (QED) is 0.726. The number of sulfonamides is 1. The SMILES string of the molecule is Cc1ccc(S(=O)(=O)N(CCCC#N)CC(C)C)cc1. The Balaban J connectivity index is 2.97. The fourth-order valence-electron chi connectivity index (χ4n) is 1.91. The molecule has 0 aliphatic rings. The summed E-state index contributed by atoms with van der Waals surface area (Å²) in [5, 5.41) is 8.59. The van der Waals surface area contributed by atoms with E-state index in [4.69, 9.17) is 5.26 Å². The second-order valence-electron chi connectivity index (χ2n) is 5.33. The van der Waals surface area contributed by atoms with Crippen molar-refractivity contribution in [2.75, 3.05) is 13.1 Å². The standard InChI is InChI=1S/C15H22N2O2S/c1-13(2)12-17(11-5-4-10-16)20(18,19)15-8-6-14(3)7-9-15/h6-9,13H,4-5,11-12H2,1-3H3. The Morgan fingerprint density at radius 3 is 2.35 bits per heavy atom. The lowest BCUT2D eigenvalue weighted by Gasteiger charge is -2.23. The molecule has 20 heavy (non-hydrogen) atoms. The maximum absolute atomic E-state index is 12.6. The molecule has 1 rings (SSSR count). The molecule has 0 bridgehead atoms. The van der Waals surface area contributed by atoms with Crippen LogP contribution in [-0.4, -0.2) is 25.8 Å². The third-order valence-electron chi connectivity index (χ3n) is 2.92. The number of nitriles is 1.